The fourth-order valence-corrected chi connectivity index (χ4v) is 1.13. The molecule has 1 heterocycles. The summed E-state index contributed by atoms with van der Waals surface area (Å²) >= 11 is 0. The number of nitrogens with zero attached hydrogens (tertiary/aromatic N) is 1. The lowest BCUT2D eigenvalue weighted by molar-refractivity contribution is 0.0696. The van der Waals surface area contributed by atoms with Gasteiger partial charge in [-0.1, -0.05) is 13.3 Å². The highest BCUT2D eigenvalue weighted by Gasteiger charge is 2.06. The van der Waals surface area contributed by atoms with Crippen LogP contribution in [0.25, 0.3) is 0 Å². The van der Waals surface area contributed by atoms with Gasteiger partial charge in [0.05, 0.1) is 11.3 Å². The molecule has 1 rings (SSSR count). The Morgan fingerprint density at radius 1 is 1.67 bits per heavy atom. The molecule has 0 spiro atoms. The molecule has 0 unspecified atom stereocenters. The van der Waals surface area contributed by atoms with Crippen LogP contribution in [0, 0.1) is 0 Å². The SMILES string of the molecule is CCCCNc1ncc(C(=O)O)cc1N. The van der Waals surface area contributed by atoms with Crippen LogP contribution in [0.2, 0.25) is 0 Å². The number of carboxylic acids is 1. The summed E-state index contributed by atoms with van der Waals surface area (Å²) in [5.74, 6) is -0.470. The third-order valence-corrected chi connectivity index (χ3v) is 1.99. The average Bonchev–Trinajstić information content (AvgIpc) is 2.20. The standard InChI is InChI=1S/C10H15N3O2/c1-2-3-4-12-9-8(11)5-7(6-13-9)10(14)15/h5-6H,2-4,11H2,1H3,(H,12,13)(H,14,15). The van der Waals surface area contributed by atoms with Crippen molar-refractivity contribution in [3.8, 4) is 0 Å². The van der Waals surface area contributed by atoms with E-state index in [0.29, 0.717) is 11.5 Å². The van der Waals surface area contributed by atoms with Gasteiger partial charge in [-0.25, -0.2) is 9.78 Å². The quantitative estimate of drug-likeness (QED) is 0.640. The Hall–Kier alpha value is -1.78. The first-order chi connectivity index (χ1) is 7.15. The molecule has 0 aliphatic heterocycles. The Labute approximate surface area is 88.3 Å². The van der Waals surface area contributed by atoms with Crippen LogP contribution in [-0.2, 0) is 0 Å². The average molecular weight is 209 g/mol. The molecule has 1 aromatic rings. The summed E-state index contributed by atoms with van der Waals surface area (Å²) in [5, 5.41) is 11.7. The number of pyridine rings is 1. The highest BCUT2D eigenvalue weighted by Crippen LogP contribution is 2.16. The number of carboxylic acid groups (broad SMARTS) is 1. The van der Waals surface area contributed by atoms with E-state index < -0.39 is 5.97 Å². The Kier molecular flexibility index (Phi) is 3.91. The van der Waals surface area contributed by atoms with Crippen molar-refractivity contribution in [1.29, 1.82) is 0 Å². The molecule has 0 amide bonds. The summed E-state index contributed by atoms with van der Waals surface area (Å²) in [7, 11) is 0. The van der Waals surface area contributed by atoms with E-state index in [1.807, 2.05) is 0 Å². The van der Waals surface area contributed by atoms with Gasteiger partial charge < -0.3 is 16.2 Å². The number of aromatic carboxylic acids is 1. The first-order valence-electron chi connectivity index (χ1n) is 4.87. The van der Waals surface area contributed by atoms with Crippen LogP contribution in [0.1, 0.15) is 30.1 Å². The Morgan fingerprint density at radius 2 is 2.40 bits per heavy atom. The zero-order valence-electron chi connectivity index (χ0n) is 8.66. The van der Waals surface area contributed by atoms with Gasteiger partial charge in [-0.05, 0) is 12.5 Å². The Bertz CT molecular complexity index is 353. The molecule has 0 aliphatic carbocycles. The van der Waals surface area contributed by atoms with Crippen molar-refractivity contribution in [2.24, 2.45) is 0 Å². The number of nitrogens with two attached hydrogens (primary N) is 1. The van der Waals surface area contributed by atoms with Crippen LogP contribution in [0.4, 0.5) is 11.5 Å². The van der Waals surface area contributed by atoms with Crippen molar-refractivity contribution in [3.05, 3.63) is 17.8 Å². The van der Waals surface area contributed by atoms with Crippen molar-refractivity contribution < 1.29 is 9.90 Å². The highest BCUT2D eigenvalue weighted by molar-refractivity contribution is 5.89. The van der Waals surface area contributed by atoms with Gasteiger partial charge in [-0.15, -0.1) is 0 Å². The van der Waals surface area contributed by atoms with E-state index in [1.54, 1.807) is 0 Å². The fraction of sp³-hybridized carbons (Fsp3) is 0.400. The predicted octanol–water partition coefficient (Wildman–Crippen LogP) is 1.57. The second-order valence-electron chi connectivity index (χ2n) is 3.25. The van der Waals surface area contributed by atoms with Gasteiger partial charge in [0.1, 0.15) is 5.82 Å². The fourth-order valence-electron chi connectivity index (χ4n) is 1.13. The molecule has 0 saturated heterocycles. The molecule has 0 aliphatic rings. The number of aromatic nitrogens is 1. The van der Waals surface area contributed by atoms with Crippen LogP contribution in [0.5, 0.6) is 0 Å². The van der Waals surface area contributed by atoms with E-state index in [-0.39, 0.29) is 5.56 Å². The van der Waals surface area contributed by atoms with Gasteiger partial charge in [0.2, 0.25) is 0 Å². The molecule has 0 saturated carbocycles. The van der Waals surface area contributed by atoms with Crippen molar-refractivity contribution >= 4 is 17.5 Å². The van der Waals surface area contributed by atoms with E-state index in [0.717, 1.165) is 19.4 Å². The number of nitrogens with one attached hydrogen (secondary N) is 1. The highest BCUT2D eigenvalue weighted by atomic mass is 16.4. The zero-order valence-corrected chi connectivity index (χ0v) is 8.66. The normalized spacial score (nSPS) is 9.93. The van der Waals surface area contributed by atoms with E-state index >= 15 is 0 Å². The molecular formula is C10H15N3O2. The molecule has 4 N–H and O–H groups in total. The van der Waals surface area contributed by atoms with E-state index in [2.05, 4.69) is 17.2 Å². The van der Waals surface area contributed by atoms with Crippen molar-refractivity contribution in [2.45, 2.75) is 19.8 Å². The second-order valence-corrected chi connectivity index (χ2v) is 3.25. The number of carbonyl (C=O) groups is 1. The number of hydrogen-bond donors (Lipinski definition) is 3. The number of anilines is 2. The largest absolute Gasteiger partial charge is 0.478 e. The summed E-state index contributed by atoms with van der Waals surface area (Å²) in [6.07, 6.45) is 3.41. The zero-order chi connectivity index (χ0) is 11.3. The lowest BCUT2D eigenvalue weighted by atomic mass is 10.2. The molecule has 15 heavy (non-hydrogen) atoms. The number of hydrogen-bond acceptors (Lipinski definition) is 4. The van der Waals surface area contributed by atoms with Crippen molar-refractivity contribution in [1.82, 2.24) is 4.98 Å². The predicted molar refractivity (Wildman–Crippen MR) is 59.0 cm³/mol. The summed E-state index contributed by atoms with van der Waals surface area (Å²) < 4.78 is 0. The molecule has 0 bridgehead atoms. The van der Waals surface area contributed by atoms with E-state index in [4.69, 9.17) is 10.8 Å². The molecular weight excluding hydrogens is 194 g/mol. The Balaban J connectivity index is 2.70. The third-order valence-electron chi connectivity index (χ3n) is 1.99. The smallest absolute Gasteiger partial charge is 0.337 e. The van der Waals surface area contributed by atoms with Crippen LogP contribution < -0.4 is 11.1 Å². The lowest BCUT2D eigenvalue weighted by Crippen LogP contribution is -2.07. The monoisotopic (exact) mass is 209 g/mol. The lowest BCUT2D eigenvalue weighted by Gasteiger charge is -2.07. The number of nitrogen functional groups attached to an aromatic ring is 1. The molecule has 0 aromatic carbocycles. The summed E-state index contributed by atoms with van der Waals surface area (Å²) in [5.41, 5.74) is 6.12. The summed E-state index contributed by atoms with van der Waals surface area (Å²) in [6, 6.07) is 1.41. The minimum absolute atomic E-state index is 0.105. The van der Waals surface area contributed by atoms with Gasteiger partial charge in [-0.3, -0.25) is 0 Å². The Morgan fingerprint density at radius 3 is 2.93 bits per heavy atom. The van der Waals surface area contributed by atoms with Crippen LogP contribution in [0.15, 0.2) is 12.3 Å². The first kappa shape index (κ1) is 11.3. The minimum Gasteiger partial charge on any atom is -0.478 e. The topological polar surface area (TPSA) is 88.2 Å². The van der Waals surface area contributed by atoms with E-state index in [1.165, 1.54) is 12.3 Å². The van der Waals surface area contributed by atoms with Gasteiger partial charge in [-0.2, -0.15) is 0 Å². The van der Waals surface area contributed by atoms with Gasteiger partial charge in [0.25, 0.3) is 0 Å². The third kappa shape index (κ3) is 3.12. The van der Waals surface area contributed by atoms with E-state index in [9.17, 15) is 4.79 Å². The van der Waals surface area contributed by atoms with Crippen LogP contribution in [0.3, 0.4) is 0 Å². The summed E-state index contributed by atoms with van der Waals surface area (Å²) in [4.78, 5) is 14.6. The number of rotatable bonds is 5. The molecule has 1 aromatic heterocycles. The first-order valence-corrected chi connectivity index (χ1v) is 4.87. The minimum atomic E-state index is -1.02. The maximum atomic E-state index is 10.6. The maximum Gasteiger partial charge on any atom is 0.337 e. The molecule has 5 heteroatoms. The van der Waals surface area contributed by atoms with Crippen molar-refractivity contribution in [2.75, 3.05) is 17.6 Å². The van der Waals surface area contributed by atoms with Crippen LogP contribution >= 0.6 is 0 Å². The molecule has 0 atom stereocenters. The van der Waals surface area contributed by atoms with Gasteiger partial charge >= 0.3 is 5.97 Å². The number of unbranched alkanes of at least 4 members (excludes halogenated alkanes) is 1. The van der Waals surface area contributed by atoms with Gasteiger partial charge in [0.15, 0.2) is 0 Å². The molecule has 82 valence electrons. The molecule has 5 nitrogen and oxygen atoms in total. The van der Waals surface area contributed by atoms with Crippen molar-refractivity contribution in [3.63, 3.8) is 0 Å². The van der Waals surface area contributed by atoms with Gasteiger partial charge in [0, 0.05) is 12.7 Å². The maximum absolute atomic E-state index is 10.6. The second kappa shape index (κ2) is 5.19. The molecule has 0 radical (unpaired) electrons. The summed E-state index contributed by atoms with van der Waals surface area (Å²) in [6.45, 7) is 2.88. The molecule has 0 fully saturated rings. The van der Waals surface area contributed by atoms with Crippen LogP contribution in [-0.4, -0.2) is 22.6 Å².